The molecular formula is C35H38N6O4. The van der Waals surface area contributed by atoms with Gasteiger partial charge in [-0.15, -0.1) is 0 Å². The fraction of sp³-hybridized carbons (Fsp3) is 0.314. The average molecular weight is 607 g/mol. The van der Waals surface area contributed by atoms with Crippen LogP contribution >= 0.6 is 0 Å². The van der Waals surface area contributed by atoms with E-state index in [9.17, 15) is 20.2 Å². The van der Waals surface area contributed by atoms with Crippen LogP contribution in [0, 0.1) is 20.2 Å². The van der Waals surface area contributed by atoms with Gasteiger partial charge in [-0.25, -0.2) is 0 Å². The summed E-state index contributed by atoms with van der Waals surface area (Å²) in [5.41, 5.74) is 5.35. The molecule has 0 spiro atoms. The van der Waals surface area contributed by atoms with Crippen molar-refractivity contribution >= 4 is 34.1 Å². The minimum Gasteiger partial charge on any atom is -0.258 e. The highest BCUT2D eigenvalue weighted by molar-refractivity contribution is 5.46. The Morgan fingerprint density at radius 2 is 0.622 bits per heavy atom. The van der Waals surface area contributed by atoms with Crippen LogP contribution in [0.25, 0.3) is 0 Å². The highest BCUT2D eigenvalue weighted by Crippen LogP contribution is 2.24. The summed E-state index contributed by atoms with van der Waals surface area (Å²) in [6, 6.07) is 28.2. The summed E-state index contributed by atoms with van der Waals surface area (Å²) in [6.07, 6.45) is 13.4. The van der Waals surface area contributed by atoms with Crippen molar-refractivity contribution in [3.8, 4) is 0 Å². The number of hydrogen-bond acceptors (Lipinski definition) is 8. The van der Waals surface area contributed by atoms with Gasteiger partial charge >= 0.3 is 0 Å². The van der Waals surface area contributed by atoms with Crippen LogP contribution in [0.3, 0.4) is 0 Å². The van der Waals surface area contributed by atoms with Gasteiger partial charge in [0.05, 0.1) is 32.6 Å². The molecule has 4 rings (SSSR count). The first-order chi connectivity index (χ1) is 22.0. The number of azo groups is 2. The predicted molar refractivity (Wildman–Crippen MR) is 176 cm³/mol. The van der Waals surface area contributed by atoms with E-state index >= 15 is 0 Å². The molecule has 0 N–H and O–H groups in total. The van der Waals surface area contributed by atoms with Crippen LogP contribution in [0.4, 0.5) is 34.1 Å². The third-order valence-corrected chi connectivity index (χ3v) is 7.49. The maximum Gasteiger partial charge on any atom is 0.269 e. The molecule has 0 atom stereocenters. The predicted octanol–water partition coefficient (Wildman–Crippen LogP) is 11.6. The van der Waals surface area contributed by atoms with E-state index in [4.69, 9.17) is 0 Å². The molecule has 0 aliphatic heterocycles. The van der Waals surface area contributed by atoms with Crippen molar-refractivity contribution in [1.82, 2.24) is 0 Å². The van der Waals surface area contributed by atoms with Gasteiger partial charge in [0.2, 0.25) is 0 Å². The Bertz CT molecular complexity index is 1430. The number of non-ortho nitro benzene ring substituents is 2. The molecule has 0 saturated heterocycles. The van der Waals surface area contributed by atoms with Gasteiger partial charge in [0.25, 0.3) is 11.4 Å². The first-order valence-electron chi connectivity index (χ1n) is 15.5. The molecule has 4 aromatic carbocycles. The number of unbranched alkanes of at least 4 members (excludes halogenated alkanes) is 8. The van der Waals surface area contributed by atoms with Crippen LogP contribution in [-0.4, -0.2) is 9.85 Å². The highest BCUT2D eigenvalue weighted by Gasteiger charge is 2.04. The van der Waals surface area contributed by atoms with Crippen LogP contribution in [0.1, 0.15) is 68.9 Å². The number of hydrogen-bond donors (Lipinski definition) is 0. The van der Waals surface area contributed by atoms with Crippen LogP contribution in [0.15, 0.2) is 118 Å². The molecule has 0 unspecified atom stereocenters. The van der Waals surface area contributed by atoms with Crippen molar-refractivity contribution in [3.05, 3.63) is 128 Å². The number of nitrogens with zero attached hydrogens (tertiary/aromatic N) is 6. The summed E-state index contributed by atoms with van der Waals surface area (Å²) in [7, 11) is 0. The molecule has 10 heteroatoms. The monoisotopic (exact) mass is 606 g/mol. The molecule has 0 saturated carbocycles. The molecule has 0 bridgehead atoms. The van der Waals surface area contributed by atoms with Crippen LogP contribution in [-0.2, 0) is 12.8 Å². The molecule has 232 valence electrons. The number of rotatable bonds is 18. The Labute approximate surface area is 263 Å². The SMILES string of the molecule is O=[N+]([O-])c1ccc(N=Nc2ccc(CCCCCCCCCCCc3ccc(N=Nc4ccc([N+](=O)[O-])cc4)cc3)cc2)cc1. The number of benzene rings is 4. The number of aryl methyl sites for hydroxylation is 2. The van der Waals surface area contributed by atoms with Gasteiger partial charge in [0.15, 0.2) is 0 Å². The molecule has 45 heavy (non-hydrogen) atoms. The fourth-order valence-corrected chi connectivity index (χ4v) is 4.87. The first kappa shape index (κ1) is 32.8. The quantitative estimate of drug-likeness (QED) is 0.0481. The second kappa shape index (κ2) is 17.9. The Hall–Kier alpha value is -5.12. The summed E-state index contributed by atoms with van der Waals surface area (Å²) in [5.74, 6) is 0. The molecule has 0 heterocycles. The summed E-state index contributed by atoms with van der Waals surface area (Å²) in [4.78, 5) is 20.6. The largest absolute Gasteiger partial charge is 0.269 e. The van der Waals surface area contributed by atoms with E-state index in [0.29, 0.717) is 11.4 Å². The Morgan fingerprint density at radius 1 is 0.378 bits per heavy atom. The third-order valence-electron chi connectivity index (χ3n) is 7.49. The normalized spacial score (nSPS) is 11.4. The molecule has 0 aliphatic carbocycles. The molecule has 0 radical (unpaired) electrons. The lowest BCUT2D eigenvalue weighted by Gasteiger charge is -2.04. The lowest BCUT2D eigenvalue weighted by atomic mass is 10.0. The summed E-state index contributed by atoms with van der Waals surface area (Å²) in [6.45, 7) is 0. The van der Waals surface area contributed by atoms with Crippen molar-refractivity contribution < 1.29 is 9.85 Å². The molecule has 0 amide bonds. The first-order valence-corrected chi connectivity index (χ1v) is 15.5. The average Bonchev–Trinajstić information content (AvgIpc) is 3.06. The van der Waals surface area contributed by atoms with E-state index in [1.165, 1.54) is 93.2 Å². The van der Waals surface area contributed by atoms with Crippen molar-refractivity contribution in [2.24, 2.45) is 20.5 Å². The maximum absolute atomic E-state index is 10.7. The highest BCUT2D eigenvalue weighted by atomic mass is 16.6. The molecule has 4 aromatic rings. The van der Waals surface area contributed by atoms with Gasteiger partial charge in [-0.05, 0) is 85.3 Å². The van der Waals surface area contributed by atoms with Gasteiger partial charge in [0, 0.05) is 24.3 Å². The van der Waals surface area contributed by atoms with E-state index in [0.717, 1.165) is 24.2 Å². The number of nitro groups is 2. The van der Waals surface area contributed by atoms with E-state index in [1.807, 2.05) is 24.3 Å². The lowest BCUT2D eigenvalue weighted by molar-refractivity contribution is -0.385. The topological polar surface area (TPSA) is 136 Å². The molecule has 0 aliphatic rings. The van der Waals surface area contributed by atoms with Crippen LogP contribution in [0.5, 0.6) is 0 Å². The van der Waals surface area contributed by atoms with Crippen LogP contribution < -0.4 is 0 Å². The van der Waals surface area contributed by atoms with E-state index in [2.05, 4.69) is 44.7 Å². The van der Waals surface area contributed by atoms with Crippen molar-refractivity contribution in [1.29, 1.82) is 0 Å². The zero-order valence-electron chi connectivity index (χ0n) is 25.3. The van der Waals surface area contributed by atoms with E-state index in [1.54, 1.807) is 24.3 Å². The Kier molecular flexibility index (Phi) is 13.0. The van der Waals surface area contributed by atoms with Crippen molar-refractivity contribution in [2.75, 3.05) is 0 Å². The zero-order valence-corrected chi connectivity index (χ0v) is 25.3. The van der Waals surface area contributed by atoms with E-state index < -0.39 is 9.85 Å². The summed E-state index contributed by atoms with van der Waals surface area (Å²) >= 11 is 0. The smallest absolute Gasteiger partial charge is 0.258 e. The van der Waals surface area contributed by atoms with Crippen molar-refractivity contribution in [3.63, 3.8) is 0 Å². The van der Waals surface area contributed by atoms with E-state index in [-0.39, 0.29) is 11.4 Å². The van der Waals surface area contributed by atoms with Gasteiger partial charge in [0.1, 0.15) is 0 Å². The minimum absolute atomic E-state index is 0.0386. The maximum atomic E-state index is 10.7. The molecular weight excluding hydrogens is 568 g/mol. The van der Waals surface area contributed by atoms with Gasteiger partial charge in [-0.1, -0.05) is 69.2 Å². The standard InChI is InChI=1S/C35H38N6O4/c42-40(43)34-24-20-32(21-25-34)38-36-30-16-12-28(13-17-30)10-8-6-4-2-1-3-5-7-9-11-29-14-18-31(19-15-29)37-39-33-22-26-35(27-23-33)41(44)45/h12-27H,1-11H2. The van der Waals surface area contributed by atoms with Gasteiger partial charge in [-0.3, -0.25) is 20.2 Å². The Morgan fingerprint density at radius 3 is 0.889 bits per heavy atom. The molecule has 0 fully saturated rings. The molecule has 10 nitrogen and oxygen atoms in total. The second-order valence-electron chi connectivity index (χ2n) is 11.0. The van der Waals surface area contributed by atoms with Gasteiger partial charge < -0.3 is 0 Å². The summed E-state index contributed by atoms with van der Waals surface area (Å²) < 4.78 is 0. The zero-order chi connectivity index (χ0) is 31.7. The minimum atomic E-state index is -0.432. The Balaban J connectivity index is 1.000. The lowest BCUT2D eigenvalue weighted by Crippen LogP contribution is -1.87. The number of nitro benzene ring substituents is 2. The summed E-state index contributed by atoms with van der Waals surface area (Å²) in [5, 5.41) is 38.2. The fourth-order valence-electron chi connectivity index (χ4n) is 4.87. The van der Waals surface area contributed by atoms with Crippen molar-refractivity contribution in [2.45, 2.75) is 70.6 Å². The van der Waals surface area contributed by atoms with Crippen LogP contribution in [0.2, 0.25) is 0 Å². The third kappa shape index (κ3) is 11.8. The van der Waals surface area contributed by atoms with Gasteiger partial charge in [-0.2, -0.15) is 20.5 Å². The molecule has 0 aromatic heterocycles. The second-order valence-corrected chi connectivity index (χ2v) is 11.0.